The summed E-state index contributed by atoms with van der Waals surface area (Å²) in [7, 11) is 0. The van der Waals surface area contributed by atoms with Gasteiger partial charge in [0.25, 0.3) is 0 Å². The van der Waals surface area contributed by atoms with Crippen molar-refractivity contribution in [3.8, 4) is 0 Å². The topological polar surface area (TPSA) is 12.0 Å². The molecule has 0 atom stereocenters. The molecule has 3 rings (SSSR count). The van der Waals surface area contributed by atoms with Crippen LogP contribution in [0.2, 0.25) is 0 Å². The minimum atomic E-state index is 0.751. The molecule has 21 heavy (non-hydrogen) atoms. The Kier molecular flexibility index (Phi) is 4.72. The highest BCUT2D eigenvalue weighted by molar-refractivity contribution is 9.10. The lowest BCUT2D eigenvalue weighted by molar-refractivity contribution is 0.685. The second kappa shape index (κ2) is 6.55. The molecule has 1 aliphatic rings. The van der Waals surface area contributed by atoms with E-state index in [1.807, 2.05) is 11.8 Å². The summed E-state index contributed by atoms with van der Waals surface area (Å²) in [5.41, 5.74) is 4.04. The highest BCUT2D eigenvalue weighted by Crippen LogP contribution is 2.32. The Labute approximate surface area is 139 Å². The molecule has 0 saturated heterocycles. The highest BCUT2D eigenvalue weighted by Gasteiger charge is 2.20. The zero-order valence-electron chi connectivity index (χ0n) is 12.4. The first-order valence-corrected chi connectivity index (χ1v) is 9.00. The molecule has 110 valence electrons. The van der Waals surface area contributed by atoms with E-state index in [9.17, 15) is 0 Å². The van der Waals surface area contributed by atoms with E-state index in [0.29, 0.717) is 0 Å². The van der Waals surface area contributed by atoms with Crippen LogP contribution in [0, 0.1) is 13.8 Å². The van der Waals surface area contributed by atoms with Crippen molar-refractivity contribution in [2.24, 2.45) is 0 Å². The van der Waals surface area contributed by atoms with E-state index in [2.05, 4.69) is 71.5 Å². The minimum Gasteiger partial charge on any atom is -0.310 e. The van der Waals surface area contributed by atoms with Crippen LogP contribution in [0.3, 0.4) is 0 Å². The van der Waals surface area contributed by atoms with Gasteiger partial charge in [0.05, 0.1) is 0 Å². The quantitative estimate of drug-likeness (QED) is 0.757. The van der Waals surface area contributed by atoms with Gasteiger partial charge in [-0.1, -0.05) is 39.8 Å². The fourth-order valence-electron chi connectivity index (χ4n) is 2.19. The number of rotatable bonds is 5. The molecule has 0 radical (unpaired) electrons. The maximum absolute atomic E-state index is 3.70. The molecule has 0 unspecified atom stereocenters. The van der Waals surface area contributed by atoms with Crippen molar-refractivity contribution in [1.29, 1.82) is 0 Å². The maximum Gasteiger partial charge on any atom is 0.0231 e. The van der Waals surface area contributed by atoms with Crippen LogP contribution in [-0.4, -0.2) is 6.04 Å². The molecule has 3 heteroatoms. The van der Waals surface area contributed by atoms with Crippen molar-refractivity contribution in [3.05, 3.63) is 57.6 Å². The van der Waals surface area contributed by atoms with Gasteiger partial charge in [-0.05, 0) is 67.6 Å². The van der Waals surface area contributed by atoms with Crippen LogP contribution in [0.4, 0.5) is 0 Å². The molecule has 2 aromatic carbocycles. The first-order chi connectivity index (χ1) is 10.1. The van der Waals surface area contributed by atoms with Crippen LogP contribution >= 0.6 is 27.7 Å². The summed E-state index contributed by atoms with van der Waals surface area (Å²) in [6.45, 7) is 5.28. The average Bonchev–Trinajstić information content (AvgIpc) is 3.26. The van der Waals surface area contributed by atoms with Gasteiger partial charge in [0.15, 0.2) is 0 Å². The van der Waals surface area contributed by atoms with Crippen molar-refractivity contribution < 1.29 is 0 Å². The molecular formula is C18H20BrNS. The predicted molar refractivity (Wildman–Crippen MR) is 94.0 cm³/mol. The Bertz CT molecular complexity index is 650. The van der Waals surface area contributed by atoms with E-state index >= 15 is 0 Å². The molecule has 0 aromatic heterocycles. The van der Waals surface area contributed by atoms with Crippen LogP contribution in [-0.2, 0) is 6.54 Å². The molecular weight excluding hydrogens is 342 g/mol. The van der Waals surface area contributed by atoms with Crippen molar-refractivity contribution in [2.45, 2.75) is 49.1 Å². The second-order valence-electron chi connectivity index (χ2n) is 5.76. The van der Waals surface area contributed by atoms with Crippen LogP contribution in [0.15, 0.2) is 50.7 Å². The summed E-state index contributed by atoms with van der Waals surface area (Å²) in [5.74, 6) is 0. The third kappa shape index (κ3) is 4.12. The van der Waals surface area contributed by atoms with E-state index in [-0.39, 0.29) is 0 Å². The molecule has 0 aliphatic heterocycles. The monoisotopic (exact) mass is 361 g/mol. The van der Waals surface area contributed by atoms with Gasteiger partial charge in [-0.2, -0.15) is 0 Å². The second-order valence-corrected chi connectivity index (χ2v) is 7.76. The normalized spacial score (nSPS) is 14.4. The van der Waals surface area contributed by atoms with Crippen LogP contribution in [0.25, 0.3) is 0 Å². The number of hydrogen-bond acceptors (Lipinski definition) is 2. The number of halogens is 1. The minimum absolute atomic E-state index is 0.751. The summed E-state index contributed by atoms with van der Waals surface area (Å²) in [4.78, 5) is 2.58. The number of nitrogens with one attached hydrogen (secondary N) is 1. The van der Waals surface area contributed by atoms with Crippen LogP contribution in [0.1, 0.15) is 29.5 Å². The largest absolute Gasteiger partial charge is 0.310 e. The van der Waals surface area contributed by atoms with Gasteiger partial charge in [-0.15, -0.1) is 0 Å². The van der Waals surface area contributed by atoms with Crippen LogP contribution in [0.5, 0.6) is 0 Å². The van der Waals surface area contributed by atoms with E-state index in [0.717, 1.165) is 12.6 Å². The first-order valence-electron chi connectivity index (χ1n) is 7.39. The molecule has 1 aliphatic carbocycles. The van der Waals surface area contributed by atoms with Gasteiger partial charge >= 0.3 is 0 Å². The summed E-state index contributed by atoms with van der Waals surface area (Å²) < 4.78 is 1.20. The molecule has 2 aromatic rings. The van der Waals surface area contributed by atoms with Crippen LogP contribution < -0.4 is 5.32 Å². The molecule has 1 saturated carbocycles. The predicted octanol–water partition coefficient (Wildman–Crippen LogP) is 5.47. The van der Waals surface area contributed by atoms with E-state index in [1.54, 1.807) is 0 Å². The smallest absolute Gasteiger partial charge is 0.0231 e. The van der Waals surface area contributed by atoms with Gasteiger partial charge in [0, 0.05) is 26.9 Å². The van der Waals surface area contributed by atoms with E-state index in [4.69, 9.17) is 0 Å². The third-order valence-corrected chi connectivity index (χ3v) is 5.61. The first kappa shape index (κ1) is 15.1. The Balaban J connectivity index is 1.70. The lowest BCUT2D eigenvalue weighted by Crippen LogP contribution is -2.15. The summed E-state index contributed by atoms with van der Waals surface area (Å²) in [6.07, 6.45) is 2.66. The molecule has 0 heterocycles. The highest BCUT2D eigenvalue weighted by atomic mass is 79.9. The Hall–Kier alpha value is -0.770. The SMILES string of the molecule is Cc1ccc(Sc2ccc(CNC3CC3)c(Br)c2)cc1C. The molecule has 1 nitrogen and oxygen atoms in total. The lowest BCUT2D eigenvalue weighted by atomic mass is 10.1. The molecule has 0 bridgehead atoms. The Morgan fingerprint density at radius 3 is 2.43 bits per heavy atom. The van der Waals surface area contributed by atoms with E-state index in [1.165, 1.54) is 43.8 Å². The van der Waals surface area contributed by atoms with Gasteiger partial charge < -0.3 is 5.32 Å². The summed E-state index contributed by atoms with van der Waals surface area (Å²) in [5, 5.41) is 3.56. The zero-order chi connectivity index (χ0) is 14.8. The number of hydrogen-bond donors (Lipinski definition) is 1. The number of benzene rings is 2. The molecule has 0 amide bonds. The van der Waals surface area contributed by atoms with Gasteiger partial charge in [0.1, 0.15) is 0 Å². The van der Waals surface area contributed by atoms with Crippen molar-refractivity contribution in [2.75, 3.05) is 0 Å². The van der Waals surface area contributed by atoms with Crippen molar-refractivity contribution >= 4 is 27.7 Å². The van der Waals surface area contributed by atoms with Gasteiger partial charge in [-0.25, -0.2) is 0 Å². The molecule has 1 fully saturated rings. The van der Waals surface area contributed by atoms with Gasteiger partial charge in [-0.3, -0.25) is 0 Å². The third-order valence-electron chi connectivity index (χ3n) is 3.90. The summed E-state index contributed by atoms with van der Waals surface area (Å²) >= 11 is 5.52. The van der Waals surface area contributed by atoms with Gasteiger partial charge in [0.2, 0.25) is 0 Å². The lowest BCUT2D eigenvalue weighted by Gasteiger charge is -2.09. The number of aryl methyl sites for hydroxylation is 2. The van der Waals surface area contributed by atoms with E-state index < -0.39 is 0 Å². The molecule has 1 N–H and O–H groups in total. The summed E-state index contributed by atoms with van der Waals surface area (Å²) in [6, 6.07) is 14.1. The fraction of sp³-hybridized carbons (Fsp3) is 0.333. The molecule has 0 spiro atoms. The maximum atomic E-state index is 3.70. The standard InChI is InChI=1S/C18H20BrNS/c1-12-3-7-16(9-13(12)2)21-17-8-4-14(18(19)10-17)11-20-15-5-6-15/h3-4,7-10,15,20H,5-6,11H2,1-2H3. The average molecular weight is 362 g/mol. The fourth-order valence-corrected chi connectivity index (χ4v) is 3.82. The Morgan fingerprint density at radius 1 is 1.05 bits per heavy atom. The zero-order valence-corrected chi connectivity index (χ0v) is 14.9. The van der Waals surface area contributed by atoms with Crippen molar-refractivity contribution in [1.82, 2.24) is 5.32 Å². The Morgan fingerprint density at radius 2 is 1.76 bits per heavy atom. The van der Waals surface area contributed by atoms with Crippen molar-refractivity contribution in [3.63, 3.8) is 0 Å².